The van der Waals surface area contributed by atoms with Crippen molar-refractivity contribution < 1.29 is 23.8 Å². The van der Waals surface area contributed by atoms with Gasteiger partial charge in [-0.25, -0.2) is 9.48 Å². The van der Waals surface area contributed by atoms with Crippen molar-refractivity contribution in [3.8, 4) is 0 Å². The van der Waals surface area contributed by atoms with E-state index in [9.17, 15) is 9.59 Å². The molecule has 2 aromatic rings. The first-order valence-corrected chi connectivity index (χ1v) is 9.05. The van der Waals surface area contributed by atoms with E-state index in [2.05, 4.69) is 5.10 Å². The Bertz CT molecular complexity index is 759. The van der Waals surface area contributed by atoms with Crippen molar-refractivity contribution in [1.82, 2.24) is 9.78 Å². The highest BCUT2D eigenvalue weighted by Crippen LogP contribution is 2.34. The lowest BCUT2D eigenvalue weighted by Gasteiger charge is -2.30. The standard InChI is InChI=1S/C20H24N2O5/c1-25-11-12-26-14-22-18(9-10-21-22)17-8-7-16(23)13-19(17)27-20(24)15-5-3-2-4-6-15/h2-6,9-10,17,19H,7-8,11-14H2,1H3/t17-,19?/m1/s1. The molecule has 1 unspecified atom stereocenters. The fourth-order valence-electron chi connectivity index (χ4n) is 3.27. The monoisotopic (exact) mass is 372 g/mol. The molecule has 0 bridgehead atoms. The van der Waals surface area contributed by atoms with Crippen molar-refractivity contribution in [3.63, 3.8) is 0 Å². The second-order valence-corrected chi connectivity index (χ2v) is 6.48. The van der Waals surface area contributed by atoms with Gasteiger partial charge in [0.15, 0.2) is 0 Å². The summed E-state index contributed by atoms with van der Waals surface area (Å²) in [6.45, 7) is 1.26. The summed E-state index contributed by atoms with van der Waals surface area (Å²) in [5.41, 5.74) is 1.39. The smallest absolute Gasteiger partial charge is 0.338 e. The molecule has 1 fully saturated rings. The largest absolute Gasteiger partial charge is 0.458 e. The van der Waals surface area contributed by atoms with Crippen LogP contribution in [0, 0.1) is 0 Å². The van der Waals surface area contributed by atoms with Gasteiger partial charge in [-0.1, -0.05) is 18.2 Å². The summed E-state index contributed by atoms with van der Waals surface area (Å²) in [6, 6.07) is 10.7. The highest BCUT2D eigenvalue weighted by Gasteiger charge is 2.35. The zero-order chi connectivity index (χ0) is 19.1. The Labute approximate surface area is 158 Å². The number of methoxy groups -OCH3 is 1. The normalized spacial score (nSPS) is 19.8. The van der Waals surface area contributed by atoms with Crippen LogP contribution in [0.4, 0.5) is 0 Å². The molecule has 7 heteroatoms. The number of ether oxygens (including phenoxy) is 3. The summed E-state index contributed by atoms with van der Waals surface area (Å²) >= 11 is 0. The minimum absolute atomic E-state index is 0.0936. The third kappa shape index (κ3) is 5.02. The first kappa shape index (κ1) is 19.3. The Morgan fingerprint density at radius 2 is 2.04 bits per heavy atom. The van der Waals surface area contributed by atoms with E-state index in [1.54, 1.807) is 42.3 Å². The van der Waals surface area contributed by atoms with Crippen molar-refractivity contribution >= 4 is 11.8 Å². The van der Waals surface area contributed by atoms with Crippen LogP contribution < -0.4 is 0 Å². The number of benzene rings is 1. The fourth-order valence-corrected chi connectivity index (χ4v) is 3.27. The van der Waals surface area contributed by atoms with Gasteiger partial charge in [-0.3, -0.25) is 4.79 Å². The van der Waals surface area contributed by atoms with Gasteiger partial charge < -0.3 is 14.2 Å². The van der Waals surface area contributed by atoms with Gasteiger partial charge in [0.2, 0.25) is 0 Å². The summed E-state index contributed by atoms with van der Waals surface area (Å²) in [6.07, 6.45) is 2.50. The maximum Gasteiger partial charge on any atom is 0.338 e. The van der Waals surface area contributed by atoms with Crippen molar-refractivity contribution in [3.05, 3.63) is 53.9 Å². The van der Waals surface area contributed by atoms with Crippen LogP contribution in [0.5, 0.6) is 0 Å². The number of carbonyl (C=O) groups is 2. The summed E-state index contributed by atoms with van der Waals surface area (Å²) in [5, 5.41) is 4.31. The van der Waals surface area contributed by atoms with Gasteiger partial charge in [-0.15, -0.1) is 0 Å². The topological polar surface area (TPSA) is 79.7 Å². The van der Waals surface area contributed by atoms with Crippen LogP contribution in [0.1, 0.15) is 41.2 Å². The highest BCUT2D eigenvalue weighted by molar-refractivity contribution is 5.90. The van der Waals surface area contributed by atoms with Crippen LogP contribution in [0.3, 0.4) is 0 Å². The molecule has 1 saturated carbocycles. The molecule has 27 heavy (non-hydrogen) atoms. The Kier molecular flexibility index (Phi) is 6.73. The van der Waals surface area contributed by atoms with Gasteiger partial charge in [-0.2, -0.15) is 5.10 Å². The van der Waals surface area contributed by atoms with Crippen LogP contribution in [0.15, 0.2) is 42.6 Å². The van der Waals surface area contributed by atoms with E-state index >= 15 is 0 Å². The highest BCUT2D eigenvalue weighted by atomic mass is 16.5. The summed E-state index contributed by atoms with van der Waals surface area (Å²) in [4.78, 5) is 24.5. The Morgan fingerprint density at radius 3 is 2.81 bits per heavy atom. The SMILES string of the molecule is COCCOCn1nccc1[C@H]1CCC(=O)CC1OC(=O)c1ccccc1. The minimum atomic E-state index is -0.506. The van der Waals surface area contributed by atoms with Gasteiger partial charge in [0, 0.05) is 37.8 Å². The van der Waals surface area contributed by atoms with Crippen LogP contribution in [-0.4, -0.2) is 48.0 Å². The lowest BCUT2D eigenvalue weighted by molar-refractivity contribution is -0.123. The van der Waals surface area contributed by atoms with E-state index in [1.165, 1.54) is 0 Å². The van der Waals surface area contributed by atoms with Gasteiger partial charge in [0.25, 0.3) is 0 Å². The van der Waals surface area contributed by atoms with Crippen molar-refractivity contribution in [2.45, 2.75) is 38.0 Å². The first-order valence-electron chi connectivity index (χ1n) is 9.05. The van der Waals surface area contributed by atoms with Gasteiger partial charge >= 0.3 is 5.97 Å². The molecule has 0 aliphatic heterocycles. The van der Waals surface area contributed by atoms with E-state index in [0.717, 1.165) is 5.69 Å². The lowest BCUT2D eigenvalue weighted by atomic mass is 9.83. The van der Waals surface area contributed by atoms with Gasteiger partial charge in [-0.05, 0) is 24.6 Å². The molecule has 0 N–H and O–H groups in total. The van der Waals surface area contributed by atoms with Crippen LogP contribution in [-0.2, 0) is 25.7 Å². The van der Waals surface area contributed by atoms with Crippen molar-refractivity contribution in [2.24, 2.45) is 0 Å². The summed E-state index contributed by atoms with van der Waals surface area (Å²) in [7, 11) is 1.62. The van der Waals surface area contributed by atoms with Crippen molar-refractivity contribution in [1.29, 1.82) is 0 Å². The molecule has 1 aromatic heterocycles. The zero-order valence-corrected chi connectivity index (χ0v) is 15.4. The van der Waals surface area contributed by atoms with E-state index < -0.39 is 12.1 Å². The Hall–Kier alpha value is -2.51. The molecule has 1 heterocycles. The quantitative estimate of drug-likeness (QED) is 0.523. The van der Waals surface area contributed by atoms with Crippen LogP contribution >= 0.6 is 0 Å². The number of hydrogen-bond acceptors (Lipinski definition) is 6. The molecule has 1 aliphatic rings. The molecule has 1 aromatic carbocycles. The fraction of sp³-hybridized carbons (Fsp3) is 0.450. The molecule has 2 atom stereocenters. The second kappa shape index (κ2) is 9.43. The minimum Gasteiger partial charge on any atom is -0.458 e. The molecular weight excluding hydrogens is 348 g/mol. The molecule has 0 saturated heterocycles. The van der Waals surface area contributed by atoms with Crippen LogP contribution in [0.2, 0.25) is 0 Å². The number of carbonyl (C=O) groups excluding carboxylic acids is 2. The molecular formula is C20H24N2O5. The van der Waals surface area contributed by atoms with E-state index in [1.807, 2.05) is 12.1 Å². The molecule has 0 radical (unpaired) electrons. The zero-order valence-electron chi connectivity index (χ0n) is 15.4. The average molecular weight is 372 g/mol. The lowest BCUT2D eigenvalue weighted by Crippen LogP contribution is -2.34. The number of ketones is 1. The summed E-state index contributed by atoms with van der Waals surface area (Å²) < 4.78 is 18.0. The molecule has 3 rings (SSSR count). The molecule has 0 amide bonds. The van der Waals surface area contributed by atoms with Crippen LogP contribution in [0.25, 0.3) is 0 Å². The number of esters is 1. The Morgan fingerprint density at radius 1 is 1.22 bits per heavy atom. The number of aromatic nitrogens is 2. The third-order valence-electron chi connectivity index (χ3n) is 4.65. The number of rotatable bonds is 8. The first-order chi connectivity index (χ1) is 13.2. The maximum absolute atomic E-state index is 12.5. The molecule has 7 nitrogen and oxygen atoms in total. The van der Waals surface area contributed by atoms with Crippen molar-refractivity contribution in [2.75, 3.05) is 20.3 Å². The van der Waals surface area contributed by atoms with E-state index in [4.69, 9.17) is 14.2 Å². The number of Topliss-reactive ketones (excluding diaryl/α,β-unsaturated/α-hetero) is 1. The third-order valence-corrected chi connectivity index (χ3v) is 4.65. The molecule has 0 spiro atoms. The number of nitrogens with zero attached hydrogens (tertiary/aromatic N) is 2. The average Bonchev–Trinajstić information content (AvgIpc) is 3.14. The predicted octanol–water partition coefficient (Wildman–Crippen LogP) is 2.57. The van der Waals surface area contributed by atoms with E-state index in [-0.39, 0.29) is 24.9 Å². The van der Waals surface area contributed by atoms with E-state index in [0.29, 0.717) is 31.6 Å². The molecule has 1 aliphatic carbocycles. The van der Waals surface area contributed by atoms with Gasteiger partial charge in [0.05, 0.1) is 18.8 Å². The van der Waals surface area contributed by atoms with Gasteiger partial charge in [0.1, 0.15) is 18.6 Å². The number of hydrogen-bond donors (Lipinski definition) is 0. The second-order valence-electron chi connectivity index (χ2n) is 6.48. The predicted molar refractivity (Wildman–Crippen MR) is 97.3 cm³/mol. The molecule has 144 valence electrons. The summed E-state index contributed by atoms with van der Waals surface area (Å²) in [5.74, 6) is -0.397. The maximum atomic E-state index is 12.5. The Balaban J connectivity index is 1.72.